The van der Waals surface area contributed by atoms with Gasteiger partial charge in [-0.3, -0.25) is 4.79 Å². The molecular formula is C24H33N3O. The van der Waals surface area contributed by atoms with Crippen LogP contribution in [-0.2, 0) is 13.1 Å². The molecule has 0 N–H and O–H groups in total. The summed E-state index contributed by atoms with van der Waals surface area (Å²) in [5.41, 5.74) is 4.15. The Kier molecular flexibility index (Phi) is 8.58. The smallest absolute Gasteiger partial charge is 0.186 e. The fraction of sp³-hybridized carbons (Fsp3) is 0.375. The minimum Gasteiger partial charge on any atom is -0.308 e. The Morgan fingerprint density at radius 1 is 0.786 bits per heavy atom. The Morgan fingerprint density at radius 2 is 1.43 bits per heavy atom. The second-order valence-electron chi connectivity index (χ2n) is 7.83. The number of hydrogen-bond donors (Lipinski definition) is 0. The molecule has 0 amide bonds. The van der Waals surface area contributed by atoms with E-state index in [4.69, 9.17) is 0 Å². The number of benzene rings is 2. The quantitative estimate of drug-likeness (QED) is 0.465. The van der Waals surface area contributed by atoms with Crippen LogP contribution in [0.4, 0.5) is 0 Å². The Bertz CT molecular complexity index is 796. The second kappa shape index (κ2) is 10.9. The zero-order valence-corrected chi connectivity index (χ0v) is 17.9. The molecule has 0 fully saturated rings. The van der Waals surface area contributed by atoms with Crippen molar-refractivity contribution in [2.24, 2.45) is 0 Å². The predicted molar refractivity (Wildman–Crippen MR) is 119 cm³/mol. The van der Waals surface area contributed by atoms with E-state index >= 15 is 0 Å². The van der Waals surface area contributed by atoms with Crippen molar-refractivity contribution in [1.82, 2.24) is 14.7 Å². The van der Waals surface area contributed by atoms with Gasteiger partial charge in [0.1, 0.15) is 0 Å². The van der Waals surface area contributed by atoms with Gasteiger partial charge < -0.3 is 14.7 Å². The van der Waals surface area contributed by atoms with E-state index in [1.54, 1.807) is 6.08 Å². The van der Waals surface area contributed by atoms with Crippen LogP contribution in [0.2, 0.25) is 0 Å². The van der Waals surface area contributed by atoms with Gasteiger partial charge in [-0.2, -0.15) is 0 Å². The van der Waals surface area contributed by atoms with Crippen LogP contribution in [-0.4, -0.2) is 68.8 Å². The van der Waals surface area contributed by atoms with Crippen molar-refractivity contribution in [3.63, 3.8) is 0 Å². The van der Waals surface area contributed by atoms with E-state index in [0.29, 0.717) is 0 Å². The summed E-state index contributed by atoms with van der Waals surface area (Å²) < 4.78 is 0. The minimum atomic E-state index is 0.0521. The number of likely N-dealkylation sites (N-methyl/N-ethyl adjacent to an activating group) is 2. The van der Waals surface area contributed by atoms with Gasteiger partial charge in [-0.1, -0.05) is 54.6 Å². The highest BCUT2D eigenvalue weighted by Crippen LogP contribution is 2.16. The van der Waals surface area contributed by atoms with Crippen molar-refractivity contribution in [3.8, 4) is 0 Å². The molecule has 0 atom stereocenters. The molecule has 4 heteroatoms. The summed E-state index contributed by atoms with van der Waals surface area (Å²) >= 11 is 0. The SMILES string of the molecule is CN(C)CCN(C)Cc1ccccc1C(=O)/C=C/c1ccccc1CN(C)C. The molecule has 0 aliphatic rings. The number of nitrogens with zero attached hydrogens (tertiary/aromatic N) is 3. The van der Waals surface area contributed by atoms with Crippen LogP contribution in [0.15, 0.2) is 54.6 Å². The Balaban J connectivity index is 2.14. The molecule has 0 radical (unpaired) electrons. The van der Waals surface area contributed by atoms with Crippen molar-refractivity contribution in [2.45, 2.75) is 13.1 Å². The minimum absolute atomic E-state index is 0.0521. The van der Waals surface area contributed by atoms with Gasteiger partial charge in [0.15, 0.2) is 5.78 Å². The zero-order chi connectivity index (χ0) is 20.5. The van der Waals surface area contributed by atoms with Gasteiger partial charge in [-0.05, 0) is 58.0 Å². The lowest BCUT2D eigenvalue weighted by Crippen LogP contribution is -2.28. The molecule has 2 aromatic rings. The summed E-state index contributed by atoms with van der Waals surface area (Å²) in [6.45, 7) is 3.57. The molecule has 4 nitrogen and oxygen atoms in total. The van der Waals surface area contributed by atoms with Gasteiger partial charge >= 0.3 is 0 Å². The number of allylic oxidation sites excluding steroid dienone is 1. The maximum absolute atomic E-state index is 12.9. The van der Waals surface area contributed by atoms with Crippen LogP contribution in [0, 0.1) is 0 Å². The number of carbonyl (C=O) groups is 1. The molecule has 0 spiro atoms. The zero-order valence-electron chi connectivity index (χ0n) is 17.9. The number of hydrogen-bond acceptors (Lipinski definition) is 4. The largest absolute Gasteiger partial charge is 0.308 e. The molecule has 0 heterocycles. The topological polar surface area (TPSA) is 26.8 Å². The molecule has 0 aliphatic heterocycles. The molecule has 2 rings (SSSR count). The van der Waals surface area contributed by atoms with E-state index in [1.165, 1.54) is 5.56 Å². The van der Waals surface area contributed by atoms with Gasteiger partial charge in [0, 0.05) is 31.7 Å². The fourth-order valence-electron chi connectivity index (χ4n) is 3.08. The third kappa shape index (κ3) is 7.04. The monoisotopic (exact) mass is 379 g/mol. The highest BCUT2D eigenvalue weighted by atomic mass is 16.1. The first kappa shape index (κ1) is 22.0. The first-order valence-corrected chi connectivity index (χ1v) is 9.73. The Morgan fingerprint density at radius 3 is 2.11 bits per heavy atom. The van der Waals surface area contributed by atoms with Crippen LogP contribution in [0.5, 0.6) is 0 Å². The Hall–Kier alpha value is -2.27. The van der Waals surface area contributed by atoms with E-state index in [0.717, 1.165) is 42.9 Å². The lowest BCUT2D eigenvalue weighted by molar-refractivity contribution is 0.104. The molecule has 28 heavy (non-hydrogen) atoms. The van der Waals surface area contributed by atoms with Crippen molar-refractivity contribution in [2.75, 3.05) is 48.3 Å². The lowest BCUT2D eigenvalue weighted by atomic mass is 10.0. The average molecular weight is 380 g/mol. The van der Waals surface area contributed by atoms with Gasteiger partial charge in [-0.25, -0.2) is 0 Å². The molecule has 2 aromatic carbocycles. The second-order valence-corrected chi connectivity index (χ2v) is 7.83. The van der Waals surface area contributed by atoms with Gasteiger partial charge in [-0.15, -0.1) is 0 Å². The number of rotatable bonds is 10. The molecule has 0 aromatic heterocycles. The summed E-state index contributed by atoms with van der Waals surface area (Å²) in [6, 6.07) is 16.1. The van der Waals surface area contributed by atoms with E-state index in [9.17, 15) is 4.79 Å². The van der Waals surface area contributed by atoms with Crippen LogP contribution in [0.3, 0.4) is 0 Å². The summed E-state index contributed by atoms with van der Waals surface area (Å²) in [4.78, 5) is 19.4. The standard InChI is InChI=1S/C24H33N3O/c1-25(2)16-17-27(5)19-22-12-8-9-13-23(22)24(28)15-14-20-10-6-7-11-21(20)18-26(3)4/h6-15H,16-19H2,1-5H3/b15-14+. The van der Waals surface area contributed by atoms with Crippen molar-refractivity contribution >= 4 is 11.9 Å². The highest BCUT2D eigenvalue weighted by molar-refractivity contribution is 6.07. The van der Waals surface area contributed by atoms with Crippen molar-refractivity contribution in [1.29, 1.82) is 0 Å². The third-order valence-electron chi connectivity index (χ3n) is 4.61. The molecule has 0 saturated carbocycles. The lowest BCUT2D eigenvalue weighted by Gasteiger charge is -2.20. The molecule has 0 saturated heterocycles. The number of carbonyl (C=O) groups excluding carboxylic acids is 1. The first-order chi connectivity index (χ1) is 13.4. The highest BCUT2D eigenvalue weighted by Gasteiger charge is 2.11. The normalized spacial score (nSPS) is 11.9. The van der Waals surface area contributed by atoms with Crippen molar-refractivity contribution < 1.29 is 4.79 Å². The third-order valence-corrected chi connectivity index (χ3v) is 4.61. The van der Waals surface area contributed by atoms with Crippen LogP contribution in [0.1, 0.15) is 27.0 Å². The van der Waals surface area contributed by atoms with Gasteiger partial charge in [0.25, 0.3) is 0 Å². The molecule has 0 unspecified atom stereocenters. The molecule has 0 aliphatic carbocycles. The molecular weight excluding hydrogens is 346 g/mol. The molecule has 150 valence electrons. The van der Waals surface area contributed by atoms with Crippen LogP contribution >= 0.6 is 0 Å². The molecule has 0 bridgehead atoms. The summed E-state index contributed by atoms with van der Waals surface area (Å²) in [5.74, 6) is 0.0521. The average Bonchev–Trinajstić information content (AvgIpc) is 2.65. The van der Waals surface area contributed by atoms with Crippen LogP contribution < -0.4 is 0 Å². The summed E-state index contributed by atoms with van der Waals surface area (Å²) in [5, 5.41) is 0. The van der Waals surface area contributed by atoms with Gasteiger partial charge in [0.05, 0.1) is 0 Å². The predicted octanol–water partition coefficient (Wildman–Crippen LogP) is 3.64. The van der Waals surface area contributed by atoms with E-state index in [2.05, 4.69) is 62.1 Å². The van der Waals surface area contributed by atoms with Crippen molar-refractivity contribution in [3.05, 3.63) is 76.9 Å². The first-order valence-electron chi connectivity index (χ1n) is 9.73. The fourth-order valence-corrected chi connectivity index (χ4v) is 3.08. The summed E-state index contributed by atoms with van der Waals surface area (Å²) in [6.07, 6.45) is 3.64. The van der Waals surface area contributed by atoms with E-state index < -0.39 is 0 Å². The van der Waals surface area contributed by atoms with E-state index in [-0.39, 0.29) is 5.78 Å². The summed E-state index contributed by atoms with van der Waals surface area (Å²) in [7, 11) is 10.3. The van der Waals surface area contributed by atoms with Crippen LogP contribution in [0.25, 0.3) is 6.08 Å². The Labute approximate surface area is 170 Å². The maximum Gasteiger partial charge on any atom is 0.186 e. The maximum atomic E-state index is 12.9. The van der Waals surface area contributed by atoms with E-state index in [1.807, 2.05) is 42.5 Å². The number of ketones is 1. The van der Waals surface area contributed by atoms with Gasteiger partial charge in [0.2, 0.25) is 0 Å².